The van der Waals surface area contributed by atoms with E-state index in [9.17, 15) is 8.42 Å². The van der Waals surface area contributed by atoms with Crippen LogP contribution in [0.15, 0.2) is 0 Å². The predicted molar refractivity (Wildman–Crippen MR) is 141 cm³/mol. The van der Waals surface area contributed by atoms with Crippen LogP contribution in [0.4, 0.5) is 0 Å². The van der Waals surface area contributed by atoms with Gasteiger partial charge >= 0.3 is 207 Å². The zero-order chi connectivity index (χ0) is 23.6. The predicted octanol–water partition coefficient (Wildman–Crippen LogP) is 8.96. The topological polar surface area (TPSA) is 52.6 Å². The monoisotopic (exact) mass is 678 g/mol. The summed E-state index contributed by atoms with van der Waals surface area (Å²) in [6, 6.07) is 0. The molecule has 188 valence electrons. The van der Waals surface area contributed by atoms with Gasteiger partial charge in [0.1, 0.15) is 0 Å². The fraction of sp³-hybridized carbons (Fsp3) is 1.00. The van der Waals surface area contributed by atoms with E-state index in [-0.39, 0.29) is 0 Å². The van der Waals surface area contributed by atoms with Crippen molar-refractivity contribution >= 4 is 48.0 Å². The van der Waals surface area contributed by atoms with E-state index < -0.39 is 48.0 Å². The fourth-order valence-electron chi connectivity index (χ4n) is 4.44. The Kier molecular flexibility index (Phi) is 19.6. The normalized spacial score (nSPS) is 13.1. The zero-order valence-corrected chi connectivity index (χ0v) is 28.3. The second-order valence-corrected chi connectivity index (χ2v) is 35.6. The minimum atomic E-state index is -3.89. The van der Waals surface area contributed by atoms with Gasteiger partial charge in [0.25, 0.3) is 0 Å². The Hall–Kier alpha value is 1.47. The Morgan fingerprint density at radius 1 is 0.452 bits per heavy atom. The molecule has 0 spiro atoms. The van der Waals surface area contributed by atoms with Crippen molar-refractivity contribution < 1.29 is 13.5 Å². The first-order chi connectivity index (χ1) is 14.8. The van der Waals surface area contributed by atoms with Gasteiger partial charge in [-0.25, -0.2) is 0 Å². The van der Waals surface area contributed by atoms with Crippen LogP contribution in [0.5, 0.6) is 0 Å². The SMILES string of the molecule is CCC[CH2][Sn]([CH2]CCC)([CH2]CCC)[O]S(=O)(=O)[O][Sn]([CH2]CCC)([CH2]CCC)[CH2]CCC. The van der Waals surface area contributed by atoms with E-state index in [0.717, 1.165) is 104 Å². The molecule has 0 aromatic rings. The maximum absolute atomic E-state index is 13.5. The molecule has 0 N–H and O–H groups in total. The van der Waals surface area contributed by atoms with Gasteiger partial charge in [0.05, 0.1) is 0 Å². The van der Waals surface area contributed by atoms with E-state index in [1.54, 1.807) is 0 Å². The van der Waals surface area contributed by atoms with Crippen LogP contribution in [-0.2, 0) is 15.4 Å². The second-order valence-electron chi connectivity index (χ2n) is 9.56. The molecule has 0 bridgehead atoms. The van der Waals surface area contributed by atoms with Crippen molar-refractivity contribution in [3.8, 4) is 0 Å². The van der Waals surface area contributed by atoms with Gasteiger partial charge < -0.3 is 0 Å². The van der Waals surface area contributed by atoms with Gasteiger partial charge in [0.2, 0.25) is 0 Å². The van der Waals surface area contributed by atoms with E-state index in [4.69, 9.17) is 5.04 Å². The van der Waals surface area contributed by atoms with Gasteiger partial charge in [-0.15, -0.1) is 0 Å². The third-order valence-electron chi connectivity index (χ3n) is 6.47. The molecule has 4 nitrogen and oxygen atoms in total. The Labute approximate surface area is 205 Å². The van der Waals surface area contributed by atoms with Gasteiger partial charge in [-0.3, -0.25) is 0 Å². The van der Waals surface area contributed by atoms with Gasteiger partial charge in [0, 0.05) is 0 Å². The van der Waals surface area contributed by atoms with Gasteiger partial charge in [-0.1, -0.05) is 0 Å². The third kappa shape index (κ3) is 14.5. The molecule has 0 saturated carbocycles. The first-order valence-corrected chi connectivity index (χ1v) is 29.2. The van der Waals surface area contributed by atoms with Gasteiger partial charge in [-0.05, 0) is 0 Å². The average molecular weight is 676 g/mol. The molecular formula is C24H54O4SSn2. The molecule has 0 saturated heterocycles. The maximum atomic E-state index is 13.5. The van der Waals surface area contributed by atoms with Crippen LogP contribution in [0, 0.1) is 0 Å². The molecule has 0 amide bonds. The zero-order valence-electron chi connectivity index (χ0n) is 21.8. The van der Waals surface area contributed by atoms with E-state index >= 15 is 0 Å². The standard InChI is InChI=1S/6C4H9.H2O4S.2Sn/c6*1-3-4-2;1-5(2,3)4;;/h6*1,3-4H2,2H3;(H2,1,2,3,4);;/q;;;;;;;2*+1/p-2. The summed E-state index contributed by atoms with van der Waals surface area (Å²) in [4.78, 5) is 0. The summed E-state index contributed by atoms with van der Waals surface area (Å²) in [5, 5.41) is 0. The minimum absolute atomic E-state index is 1.02. The van der Waals surface area contributed by atoms with Crippen LogP contribution in [0.25, 0.3) is 0 Å². The van der Waals surface area contributed by atoms with Gasteiger partial charge in [-0.2, -0.15) is 0 Å². The molecule has 0 atom stereocenters. The van der Waals surface area contributed by atoms with Crippen LogP contribution in [-0.4, -0.2) is 46.0 Å². The van der Waals surface area contributed by atoms with Crippen molar-refractivity contribution in [3.05, 3.63) is 0 Å². The first-order valence-electron chi connectivity index (χ1n) is 13.4. The van der Waals surface area contributed by atoms with Crippen molar-refractivity contribution in [3.63, 3.8) is 0 Å². The van der Waals surface area contributed by atoms with Gasteiger partial charge in [0.15, 0.2) is 0 Å². The number of hydrogen-bond acceptors (Lipinski definition) is 4. The molecule has 0 aromatic heterocycles. The molecule has 0 radical (unpaired) electrons. The van der Waals surface area contributed by atoms with Crippen LogP contribution in [0.2, 0.25) is 26.6 Å². The summed E-state index contributed by atoms with van der Waals surface area (Å²) in [7, 11) is -3.89. The molecule has 7 heteroatoms. The van der Waals surface area contributed by atoms with E-state index in [2.05, 4.69) is 41.5 Å². The van der Waals surface area contributed by atoms with Crippen LogP contribution < -0.4 is 0 Å². The number of rotatable bonds is 22. The Balaban J connectivity index is 5.81. The molecule has 31 heavy (non-hydrogen) atoms. The molecule has 0 aliphatic carbocycles. The molecule has 0 heterocycles. The number of unbranched alkanes of at least 4 members (excludes halogenated alkanes) is 6. The van der Waals surface area contributed by atoms with Crippen LogP contribution in [0.1, 0.15) is 119 Å². The van der Waals surface area contributed by atoms with Crippen LogP contribution in [0.3, 0.4) is 0 Å². The van der Waals surface area contributed by atoms with E-state index in [1.807, 2.05) is 0 Å². The molecule has 0 unspecified atom stereocenters. The van der Waals surface area contributed by atoms with Crippen molar-refractivity contribution in [1.29, 1.82) is 0 Å². The van der Waals surface area contributed by atoms with E-state index in [1.165, 1.54) is 0 Å². The molecule has 0 aliphatic rings. The summed E-state index contributed by atoms with van der Waals surface area (Å²) in [6.07, 6.45) is 13.2. The van der Waals surface area contributed by atoms with Crippen molar-refractivity contribution in [2.75, 3.05) is 0 Å². The fourth-order valence-corrected chi connectivity index (χ4v) is 41.2. The average Bonchev–Trinajstić information content (AvgIpc) is 2.75. The first kappa shape index (κ1) is 32.5. The van der Waals surface area contributed by atoms with Crippen molar-refractivity contribution in [1.82, 2.24) is 0 Å². The summed E-state index contributed by atoms with van der Waals surface area (Å²) >= 11 is -6.56. The summed E-state index contributed by atoms with van der Waals surface area (Å²) in [5.41, 5.74) is 0. The Bertz CT molecular complexity index is 442. The molecule has 0 aliphatic heterocycles. The van der Waals surface area contributed by atoms with Crippen molar-refractivity contribution in [2.24, 2.45) is 0 Å². The number of hydrogen-bond donors (Lipinski definition) is 0. The molecule has 0 rings (SSSR count). The Morgan fingerprint density at radius 3 is 0.806 bits per heavy atom. The summed E-state index contributed by atoms with van der Waals surface area (Å²) < 4.78 is 45.8. The molecule has 0 fully saturated rings. The second kappa shape index (κ2) is 18.8. The quantitative estimate of drug-likeness (QED) is 0.108. The van der Waals surface area contributed by atoms with E-state index in [0.29, 0.717) is 0 Å². The third-order valence-corrected chi connectivity index (χ3v) is 38.8. The summed E-state index contributed by atoms with van der Waals surface area (Å²) in [6.45, 7) is 13.2. The Morgan fingerprint density at radius 2 is 0.645 bits per heavy atom. The molecular weight excluding hydrogens is 622 g/mol. The van der Waals surface area contributed by atoms with Crippen LogP contribution >= 0.6 is 0 Å². The molecule has 0 aromatic carbocycles. The van der Waals surface area contributed by atoms with Crippen molar-refractivity contribution in [2.45, 2.75) is 145 Å². The summed E-state index contributed by atoms with van der Waals surface area (Å²) in [5.74, 6) is 0.